The number of fused-ring (bicyclic) bond motifs is 2. The van der Waals surface area contributed by atoms with Crippen molar-refractivity contribution < 1.29 is 14.0 Å². The summed E-state index contributed by atoms with van der Waals surface area (Å²) in [5.41, 5.74) is -1.14. The van der Waals surface area contributed by atoms with Gasteiger partial charge in [-0.2, -0.15) is 9.97 Å². The van der Waals surface area contributed by atoms with E-state index in [1.165, 1.54) is 77.2 Å². The van der Waals surface area contributed by atoms with Crippen LogP contribution in [0.15, 0.2) is 33.8 Å². The Bertz CT molecular complexity index is 2340. The molecule has 56 heavy (non-hydrogen) atoms. The quantitative estimate of drug-likeness (QED) is 0.131. The highest BCUT2D eigenvalue weighted by atomic mass is 32.1. The van der Waals surface area contributed by atoms with E-state index >= 15 is 0 Å². The Kier molecular flexibility index (Phi) is 11.6. The normalized spacial score (nSPS) is 20.0. The van der Waals surface area contributed by atoms with Gasteiger partial charge in [0.15, 0.2) is 10.3 Å². The van der Waals surface area contributed by atoms with Crippen molar-refractivity contribution in [1.29, 1.82) is 0 Å². The number of rotatable bonds is 8. The molecule has 0 spiro atoms. The van der Waals surface area contributed by atoms with Crippen LogP contribution >= 0.6 is 22.7 Å². The molecule has 4 aromatic rings. The summed E-state index contributed by atoms with van der Waals surface area (Å²) in [6.07, 6.45) is 13.3. The fourth-order valence-corrected chi connectivity index (χ4v) is 10.8. The summed E-state index contributed by atoms with van der Waals surface area (Å²) in [5, 5.41) is 24.1. The predicted molar refractivity (Wildman–Crippen MR) is 225 cm³/mol. The number of nitrogens with zero attached hydrogens (tertiary/aromatic N) is 8. The second-order valence-corrected chi connectivity index (χ2v) is 17.6. The fraction of sp³-hybridized carbons (Fsp3) is 0.600. The maximum absolute atomic E-state index is 12.7. The largest absolute Gasteiger partial charge is 0.345 e. The summed E-state index contributed by atoms with van der Waals surface area (Å²) >= 11 is 2.21. The second kappa shape index (κ2) is 18.0. The van der Waals surface area contributed by atoms with Crippen molar-refractivity contribution in [2.24, 2.45) is 11.8 Å². The van der Waals surface area contributed by atoms with Gasteiger partial charge in [-0.15, -0.1) is 0 Å². The van der Waals surface area contributed by atoms with Gasteiger partial charge in [0.25, 0.3) is 22.5 Å². The third kappa shape index (κ3) is 9.52. The molecule has 2 saturated carbocycles. The molecule has 4 heterocycles. The molecule has 0 bridgehead atoms. The average Bonchev–Trinajstić information content (AvgIpc) is 3.22. The monoisotopic (exact) mass is 807 g/mol. The Morgan fingerprint density at radius 2 is 1.05 bits per heavy atom. The molecule has 0 radical (unpaired) electrons. The molecule has 0 unspecified atom stereocenters. The molecular weight excluding hydrogens is 753 g/mol. The Labute approximate surface area is 338 Å². The minimum Gasteiger partial charge on any atom is -0.345 e. The molecule has 8 rings (SSSR count). The zero-order valence-electron chi connectivity index (χ0n) is 35.2. The third-order valence-corrected chi connectivity index (χ3v) is 13.8. The van der Waals surface area contributed by atoms with Crippen molar-refractivity contribution in [2.45, 2.75) is 78.1 Å². The summed E-state index contributed by atoms with van der Waals surface area (Å²) in [6.45, 7) is 11.8. The molecule has 2 saturated heterocycles. The molecule has 14 nitrogen and oxygen atoms in total. The molecule has 4 fully saturated rings. The first-order valence-corrected chi connectivity index (χ1v) is 21.6. The van der Waals surface area contributed by atoms with E-state index in [0.29, 0.717) is 28.9 Å². The van der Waals surface area contributed by atoms with Gasteiger partial charge >= 0.3 is 0 Å². The number of anilines is 2. The van der Waals surface area contributed by atoms with Crippen LogP contribution in [0.5, 0.6) is 0 Å². The number of benzene rings is 2. The summed E-state index contributed by atoms with van der Waals surface area (Å²) in [4.78, 5) is 64.7. The van der Waals surface area contributed by atoms with E-state index < -0.39 is 26.7 Å². The Morgan fingerprint density at radius 3 is 1.48 bits per heavy atom. The number of hydrogen-bond acceptors (Lipinski definition) is 14. The molecule has 16 heteroatoms. The molecule has 4 aliphatic rings. The zero-order valence-corrected chi connectivity index (χ0v) is 33.9. The highest BCUT2D eigenvalue weighted by Gasteiger charge is 2.27. The van der Waals surface area contributed by atoms with Crippen LogP contribution in [0, 0.1) is 45.9 Å². The minimum atomic E-state index is -0.626. The van der Waals surface area contributed by atoms with Crippen molar-refractivity contribution >= 4 is 64.5 Å². The Morgan fingerprint density at radius 1 is 0.643 bits per heavy atom. The number of piperazine rings is 2. The van der Waals surface area contributed by atoms with Gasteiger partial charge in [0, 0.05) is 77.6 Å². The first kappa shape index (κ1) is 36.2. The van der Waals surface area contributed by atoms with Crippen LogP contribution in [0.25, 0.3) is 20.2 Å². The van der Waals surface area contributed by atoms with E-state index in [1.807, 2.05) is 4.90 Å². The van der Waals surface area contributed by atoms with E-state index in [1.54, 1.807) is 6.92 Å². The number of aryl methyl sites for hydroxylation is 1. The van der Waals surface area contributed by atoms with Gasteiger partial charge in [0.1, 0.15) is 9.40 Å². The smallest absolute Gasteiger partial charge is 0.287 e. The number of nitro benzene ring substituents is 2. The third-order valence-electron chi connectivity index (χ3n) is 11.6. The Hall–Kier alpha value is -4.12. The first-order chi connectivity index (χ1) is 28.3. The highest BCUT2D eigenvalue weighted by molar-refractivity contribution is 7.22. The number of non-ortho nitro benzene ring substituents is 1. The molecule has 0 atom stereocenters. The molecule has 2 aromatic carbocycles. The lowest BCUT2D eigenvalue weighted by molar-refractivity contribution is -0.383. The van der Waals surface area contributed by atoms with Crippen molar-refractivity contribution in [3.05, 3.63) is 76.3 Å². The van der Waals surface area contributed by atoms with Crippen LogP contribution in [-0.4, -0.2) is 95.1 Å². The molecule has 2 aromatic heterocycles. The highest BCUT2D eigenvalue weighted by Crippen LogP contribution is 2.35. The van der Waals surface area contributed by atoms with Crippen molar-refractivity contribution in [3.63, 3.8) is 0 Å². The van der Waals surface area contributed by atoms with Crippen LogP contribution in [0.3, 0.4) is 0 Å². The van der Waals surface area contributed by atoms with E-state index in [9.17, 15) is 29.8 Å². The number of nitro groups is 2. The summed E-state index contributed by atoms with van der Waals surface area (Å²) < 4.78 is 24.8. The van der Waals surface area contributed by atoms with Gasteiger partial charge in [-0.1, -0.05) is 61.2 Å². The molecule has 0 N–H and O–H groups in total. The lowest BCUT2D eigenvalue weighted by Crippen LogP contribution is -2.48. The molecule has 300 valence electrons. The predicted octanol–water partition coefficient (Wildman–Crippen LogP) is 7.15. The molecular formula is C40H52N8O6S2. The van der Waals surface area contributed by atoms with Gasteiger partial charge < -0.3 is 9.80 Å². The van der Waals surface area contributed by atoms with E-state index in [2.05, 4.69) is 24.7 Å². The van der Waals surface area contributed by atoms with Crippen molar-refractivity contribution in [1.82, 2.24) is 19.8 Å². The van der Waals surface area contributed by atoms with Gasteiger partial charge in [0.2, 0.25) is 0 Å². The van der Waals surface area contributed by atoms with Gasteiger partial charge in [-0.3, -0.25) is 39.6 Å². The summed E-state index contributed by atoms with van der Waals surface area (Å²) in [5.74, 6) is 1.57. The average molecular weight is 808 g/mol. The topological polar surface area (TPSA) is 159 Å². The van der Waals surface area contributed by atoms with Crippen LogP contribution in [-0.2, 0) is 0 Å². The van der Waals surface area contributed by atoms with Gasteiger partial charge in [-0.05, 0) is 74.6 Å². The maximum Gasteiger partial charge on any atom is 0.287 e. The maximum atomic E-state index is 12.7. The van der Waals surface area contributed by atoms with Gasteiger partial charge in [-0.25, -0.2) is 0 Å². The lowest BCUT2D eigenvalue weighted by Gasteiger charge is -2.37. The zero-order chi connectivity index (χ0) is 42.0. The van der Waals surface area contributed by atoms with E-state index in [0.717, 1.165) is 86.9 Å². The Balaban J connectivity index is 0.000000179. The van der Waals surface area contributed by atoms with Crippen LogP contribution in [0.1, 0.15) is 79.4 Å². The molecule has 2 aliphatic heterocycles. The number of hydrogen-bond donors (Lipinski definition) is 0. The lowest BCUT2D eigenvalue weighted by atomic mass is 9.89. The molecule has 2 aliphatic carbocycles. The molecule has 0 amide bonds. The van der Waals surface area contributed by atoms with Crippen LogP contribution in [0.4, 0.5) is 21.6 Å². The first-order valence-electron chi connectivity index (χ1n) is 21.4. The number of aromatic nitrogens is 2. The van der Waals surface area contributed by atoms with Crippen molar-refractivity contribution in [3.8, 4) is 0 Å². The summed E-state index contributed by atoms with van der Waals surface area (Å²) in [7, 11) is 0. The fourth-order valence-electron chi connectivity index (χ4n) is 8.58. The van der Waals surface area contributed by atoms with Gasteiger partial charge in [0.05, 0.1) is 24.7 Å². The summed E-state index contributed by atoms with van der Waals surface area (Å²) in [6, 6.07) is 0.968. The minimum absolute atomic E-state index is 0.0307. The second-order valence-electron chi connectivity index (χ2n) is 15.7. The standard InChI is InChI=1S/2C20H26N4O3S/c2*1-14-11-16-18(17(12-14)24(26)27)28-20(21-19(16)25)23-9-7-22(8-10-23)13-15-5-3-2-4-6-15/h2*11-12,15H,2-10,13H2,1H3/i11D,12D;11D. The van der Waals surface area contributed by atoms with Crippen molar-refractivity contribution in [2.75, 3.05) is 75.2 Å². The van der Waals surface area contributed by atoms with Crippen LogP contribution < -0.4 is 20.9 Å². The SMILES string of the molecule is [2H]c1c(C)c([2H])c2c(=O)nc(N3CCN(CC4CCCCC4)CC3)sc2c1[N+](=O)[O-].[2H]c1c(C)cc([N+](=O)[O-])c2sc(N3CCN(CC4CCCCC4)CC3)nc(=O)c12. The van der Waals surface area contributed by atoms with E-state index in [4.69, 9.17) is 4.11 Å². The van der Waals surface area contributed by atoms with Crippen LogP contribution in [0.2, 0.25) is 0 Å². The van der Waals surface area contributed by atoms with E-state index in [-0.39, 0.29) is 49.6 Å².